The topological polar surface area (TPSA) is 93.9 Å². The maximum absolute atomic E-state index is 12.7. The van der Waals surface area contributed by atoms with E-state index in [9.17, 15) is 13.2 Å². The molecule has 1 aliphatic heterocycles. The van der Waals surface area contributed by atoms with Gasteiger partial charge in [-0.3, -0.25) is 9.36 Å². The normalized spacial score (nSPS) is 22.3. The van der Waals surface area contributed by atoms with Gasteiger partial charge in [-0.15, -0.1) is 10.2 Å². The first-order valence-corrected chi connectivity index (χ1v) is 13.3. The number of aromatic nitrogens is 3. The van der Waals surface area contributed by atoms with E-state index in [1.807, 2.05) is 31.2 Å². The van der Waals surface area contributed by atoms with Gasteiger partial charge in [-0.1, -0.05) is 48.3 Å². The minimum absolute atomic E-state index is 0.0189. The maximum atomic E-state index is 12.7. The van der Waals surface area contributed by atoms with Crippen LogP contribution in [0.5, 0.6) is 0 Å². The van der Waals surface area contributed by atoms with E-state index >= 15 is 0 Å². The number of amides is 1. The summed E-state index contributed by atoms with van der Waals surface area (Å²) < 4.78 is 25.4. The molecule has 30 heavy (non-hydrogen) atoms. The Labute approximate surface area is 185 Å². The standard InChI is InChI=1S/C20H25ClN4O3S2/c1-13(19(26)22-14-10-11-30(27,28)12-14)29-20-24-23-18(16-8-4-5-9-17(16)21)25(20)15-6-2-3-7-15/h4-5,8-9,13-15H,2-3,6-7,10-12H2,1H3,(H,22,26). The molecule has 1 saturated heterocycles. The Morgan fingerprint density at radius 1 is 1.23 bits per heavy atom. The van der Waals surface area contributed by atoms with Gasteiger partial charge < -0.3 is 5.32 Å². The van der Waals surface area contributed by atoms with E-state index in [4.69, 9.17) is 11.6 Å². The summed E-state index contributed by atoms with van der Waals surface area (Å²) in [5, 5.41) is 12.6. The highest BCUT2D eigenvalue weighted by Crippen LogP contribution is 2.39. The molecule has 2 heterocycles. The van der Waals surface area contributed by atoms with Crippen LogP contribution in [0.3, 0.4) is 0 Å². The molecule has 1 amide bonds. The Kier molecular flexibility index (Phi) is 6.41. The lowest BCUT2D eigenvalue weighted by Crippen LogP contribution is -2.40. The van der Waals surface area contributed by atoms with Gasteiger partial charge in [0.1, 0.15) is 0 Å². The van der Waals surface area contributed by atoms with E-state index in [1.165, 1.54) is 11.8 Å². The van der Waals surface area contributed by atoms with Crippen molar-refractivity contribution in [3.05, 3.63) is 29.3 Å². The van der Waals surface area contributed by atoms with Crippen molar-refractivity contribution in [2.75, 3.05) is 11.5 Å². The number of hydrogen-bond acceptors (Lipinski definition) is 6. The summed E-state index contributed by atoms with van der Waals surface area (Å²) in [6.45, 7) is 1.81. The number of benzene rings is 1. The summed E-state index contributed by atoms with van der Waals surface area (Å²) in [4.78, 5) is 12.7. The third-order valence-electron chi connectivity index (χ3n) is 5.70. The third-order valence-corrected chi connectivity index (χ3v) is 8.85. The van der Waals surface area contributed by atoms with Crippen molar-refractivity contribution in [3.63, 3.8) is 0 Å². The molecule has 10 heteroatoms. The summed E-state index contributed by atoms with van der Waals surface area (Å²) in [5.41, 5.74) is 0.832. The van der Waals surface area contributed by atoms with Gasteiger partial charge in [0.25, 0.3) is 0 Å². The molecule has 1 aromatic heterocycles. The van der Waals surface area contributed by atoms with Gasteiger partial charge in [-0.05, 0) is 38.3 Å². The zero-order chi connectivity index (χ0) is 21.3. The van der Waals surface area contributed by atoms with E-state index in [-0.39, 0.29) is 29.5 Å². The summed E-state index contributed by atoms with van der Waals surface area (Å²) in [7, 11) is -3.04. The Balaban J connectivity index is 1.55. The summed E-state index contributed by atoms with van der Waals surface area (Å²) in [5.74, 6) is 0.702. The number of rotatable bonds is 6. The Hall–Kier alpha value is -1.58. The number of carbonyl (C=O) groups excluding carboxylic acids is 1. The summed E-state index contributed by atoms with van der Waals surface area (Å²) in [6.07, 6.45) is 4.87. The molecule has 0 spiro atoms. The van der Waals surface area contributed by atoms with E-state index in [1.54, 1.807) is 0 Å². The molecule has 1 saturated carbocycles. The Bertz CT molecular complexity index is 1030. The average molecular weight is 469 g/mol. The average Bonchev–Trinajstić information content (AvgIpc) is 3.42. The quantitative estimate of drug-likeness (QED) is 0.652. The number of nitrogens with zero attached hydrogens (tertiary/aromatic N) is 3. The van der Waals surface area contributed by atoms with Gasteiger partial charge in [-0.25, -0.2) is 8.42 Å². The zero-order valence-corrected chi connectivity index (χ0v) is 19.1. The molecule has 4 rings (SSSR count). The van der Waals surface area contributed by atoms with Gasteiger partial charge in [0.05, 0.1) is 21.8 Å². The van der Waals surface area contributed by atoms with Gasteiger partial charge in [0.15, 0.2) is 20.8 Å². The van der Waals surface area contributed by atoms with Crippen molar-refractivity contribution >= 4 is 39.1 Å². The number of carbonyl (C=O) groups is 1. The van der Waals surface area contributed by atoms with Crippen LogP contribution in [0, 0.1) is 0 Å². The number of thioether (sulfide) groups is 1. The van der Waals surface area contributed by atoms with E-state index in [0.717, 1.165) is 37.1 Å². The number of hydrogen-bond donors (Lipinski definition) is 1. The smallest absolute Gasteiger partial charge is 0.233 e. The van der Waals surface area contributed by atoms with Crippen LogP contribution in [-0.4, -0.2) is 51.9 Å². The van der Waals surface area contributed by atoms with Crippen molar-refractivity contribution in [2.45, 2.75) is 61.5 Å². The highest BCUT2D eigenvalue weighted by molar-refractivity contribution is 8.00. The minimum Gasteiger partial charge on any atom is -0.351 e. The monoisotopic (exact) mass is 468 g/mol. The first kappa shape index (κ1) is 21.6. The lowest BCUT2D eigenvalue weighted by atomic mass is 10.2. The second kappa shape index (κ2) is 8.88. The minimum atomic E-state index is -3.04. The molecule has 0 bridgehead atoms. The van der Waals surface area contributed by atoms with E-state index in [2.05, 4.69) is 20.1 Å². The van der Waals surface area contributed by atoms with Gasteiger partial charge in [-0.2, -0.15) is 0 Å². The van der Waals surface area contributed by atoms with Crippen LogP contribution in [0.2, 0.25) is 5.02 Å². The molecule has 7 nitrogen and oxygen atoms in total. The molecule has 2 atom stereocenters. The van der Waals surface area contributed by atoms with E-state index < -0.39 is 15.1 Å². The Morgan fingerprint density at radius 2 is 1.97 bits per heavy atom. The second-order valence-corrected chi connectivity index (χ2v) is 11.9. The van der Waals surface area contributed by atoms with Gasteiger partial charge >= 0.3 is 0 Å². The molecular formula is C20H25ClN4O3S2. The van der Waals surface area contributed by atoms with Gasteiger partial charge in [0.2, 0.25) is 5.91 Å². The number of halogens is 1. The first-order chi connectivity index (χ1) is 14.3. The lowest BCUT2D eigenvalue weighted by molar-refractivity contribution is -0.120. The van der Waals surface area contributed by atoms with Crippen LogP contribution < -0.4 is 5.32 Å². The number of nitrogens with one attached hydrogen (secondary N) is 1. The van der Waals surface area contributed by atoms with Crippen LogP contribution in [0.25, 0.3) is 11.4 Å². The van der Waals surface area contributed by atoms with Gasteiger partial charge in [0, 0.05) is 17.6 Å². The van der Waals surface area contributed by atoms with Crippen molar-refractivity contribution in [1.29, 1.82) is 0 Å². The Morgan fingerprint density at radius 3 is 2.63 bits per heavy atom. The SMILES string of the molecule is CC(Sc1nnc(-c2ccccc2Cl)n1C1CCCC1)C(=O)NC1CCS(=O)(=O)C1. The lowest BCUT2D eigenvalue weighted by Gasteiger charge is -2.19. The maximum Gasteiger partial charge on any atom is 0.233 e. The predicted octanol–water partition coefficient (Wildman–Crippen LogP) is 3.50. The zero-order valence-electron chi connectivity index (χ0n) is 16.8. The fourth-order valence-corrected chi connectivity index (χ4v) is 6.94. The van der Waals surface area contributed by atoms with Crippen molar-refractivity contribution < 1.29 is 13.2 Å². The molecule has 2 aromatic rings. The number of sulfone groups is 1. The van der Waals surface area contributed by atoms with Crippen molar-refractivity contribution in [2.24, 2.45) is 0 Å². The molecule has 0 radical (unpaired) electrons. The van der Waals surface area contributed by atoms with Crippen molar-refractivity contribution in [3.8, 4) is 11.4 Å². The molecule has 2 fully saturated rings. The van der Waals surface area contributed by atoms with Crippen LogP contribution in [0.15, 0.2) is 29.4 Å². The molecule has 2 aliphatic rings. The molecular weight excluding hydrogens is 444 g/mol. The molecule has 1 aliphatic carbocycles. The molecule has 162 valence electrons. The van der Waals surface area contributed by atoms with Crippen LogP contribution in [0.4, 0.5) is 0 Å². The summed E-state index contributed by atoms with van der Waals surface area (Å²) >= 11 is 7.77. The molecule has 2 unspecified atom stereocenters. The summed E-state index contributed by atoms with van der Waals surface area (Å²) in [6, 6.07) is 7.55. The van der Waals surface area contributed by atoms with Crippen molar-refractivity contribution in [1.82, 2.24) is 20.1 Å². The fraction of sp³-hybridized carbons (Fsp3) is 0.550. The highest BCUT2D eigenvalue weighted by Gasteiger charge is 2.32. The first-order valence-electron chi connectivity index (χ1n) is 10.2. The van der Waals surface area contributed by atoms with Crippen LogP contribution in [-0.2, 0) is 14.6 Å². The predicted molar refractivity (Wildman–Crippen MR) is 118 cm³/mol. The fourth-order valence-electron chi connectivity index (χ4n) is 4.11. The highest BCUT2D eigenvalue weighted by atomic mass is 35.5. The molecule has 1 N–H and O–H groups in total. The largest absolute Gasteiger partial charge is 0.351 e. The van der Waals surface area contributed by atoms with E-state index in [0.29, 0.717) is 16.6 Å². The van der Waals surface area contributed by atoms with Crippen LogP contribution in [0.1, 0.15) is 45.1 Å². The van der Waals surface area contributed by atoms with Crippen LogP contribution >= 0.6 is 23.4 Å². The molecule has 1 aromatic carbocycles. The second-order valence-electron chi connectivity index (χ2n) is 7.96. The third kappa shape index (κ3) is 4.68.